The lowest BCUT2D eigenvalue weighted by Gasteiger charge is -2.44. The number of nitrogens with one attached hydrogen (secondary N) is 1. The highest BCUT2D eigenvalue weighted by Gasteiger charge is 2.46. The molecule has 4 aliphatic rings. The van der Waals surface area contributed by atoms with E-state index in [1.54, 1.807) is 0 Å². The van der Waals surface area contributed by atoms with Gasteiger partial charge >= 0.3 is 6.01 Å². The van der Waals surface area contributed by atoms with Crippen LogP contribution in [0.2, 0.25) is 0 Å². The summed E-state index contributed by atoms with van der Waals surface area (Å²) in [6.07, 6.45) is 9.07. The molecule has 2 saturated heterocycles. The van der Waals surface area contributed by atoms with Gasteiger partial charge in [0.15, 0.2) is 5.82 Å². The summed E-state index contributed by atoms with van der Waals surface area (Å²) in [5, 5.41) is 15.3. The highest BCUT2D eigenvalue weighted by atomic mass is 19.1. The molecule has 49 heavy (non-hydrogen) atoms. The van der Waals surface area contributed by atoms with E-state index in [0.29, 0.717) is 42.7 Å². The zero-order valence-electron chi connectivity index (χ0n) is 27.6. The molecule has 2 N–H and O–H groups in total. The van der Waals surface area contributed by atoms with Gasteiger partial charge in [0.2, 0.25) is 5.88 Å². The van der Waals surface area contributed by atoms with Gasteiger partial charge in [-0.2, -0.15) is 9.97 Å². The Morgan fingerprint density at radius 1 is 1.16 bits per heavy atom. The number of piperidine rings is 1. The number of fused-ring (bicyclic) bond motifs is 3. The number of hydrogen-bond donors (Lipinski definition) is 2. The molecule has 3 aliphatic heterocycles. The predicted octanol–water partition coefficient (Wildman–Crippen LogP) is 5.74. The van der Waals surface area contributed by atoms with Gasteiger partial charge in [-0.3, -0.25) is 4.90 Å². The first-order valence-corrected chi connectivity index (χ1v) is 17.1. The third kappa shape index (κ3) is 5.66. The molecular weight excluding hydrogens is 633 g/mol. The predicted molar refractivity (Wildman–Crippen MR) is 181 cm³/mol. The van der Waals surface area contributed by atoms with Gasteiger partial charge in [-0.05, 0) is 69.2 Å². The number of likely N-dealkylation sites (tertiary alicyclic amines) is 1. The number of alkyl halides is 1. The molecule has 2 aromatic heterocycles. The van der Waals surface area contributed by atoms with Crippen molar-refractivity contribution < 1.29 is 27.8 Å². The molecule has 2 aromatic carbocycles. The number of terminal acetylenes is 1. The van der Waals surface area contributed by atoms with Gasteiger partial charge in [0, 0.05) is 48.1 Å². The highest BCUT2D eigenvalue weighted by molar-refractivity contribution is 6.04. The van der Waals surface area contributed by atoms with Crippen molar-refractivity contribution in [2.24, 2.45) is 5.41 Å². The van der Waals surface area contributed by atoms with Crippen molar-refractivity contribution in [1.82, 2.24) is 25.2 Å². The van der Waals surface area contributed by atoms with E-state index in [-0.39, 0.29) is 75.5 Å². The average Bonchev–Trinajstić information content (AvgIpc) is 3.87. The van der Waals surface area contributed by atoms with Crippen LogP contribution in [0.1, 0.15) is 51.5 Å². The van der Waals surface area contributed by atoms with Crippen molar-refractivity contribution >= 4 is 27.5 Å². The molecule has 0 unspecified atom stereocenters. The minimum absolute atomic E-state index is 0.0220. The number of hydrogen-bond acceptors (Lipinski definition) is 9. The van der Waals surface area contributed by atoms with E-state index in [9.17, 15) is 13.9 Å². The second-order valence-electron chi connectivity index (χ2n) is 14.2. The van der Waals surface area contributed by atoms with Gasteiger partial charge in [-0.1, -0.05) is 18.9 Å². The molecule has 12 heteroatoms. The van der Waals surface area contributed by atoms with Gasteiger partial charge in [-0.25, -0.2) is 18.2 Å². The van der Waals surface area contributed by atoms with Crippen molar-refractivity contribution in [3.63, 3.8) is 0 Å². The van der Waals surface area contributed by atoms with E-state index >= 15 is 4.39 Å². The van der Waals surface area contributed by atoms with Crippen LogP contribution < -0.4 is 19.7 Å². The van der Waals surface area contributed by atoms with Crippen LogP contribution in [-0.2, 0) is 0 Å². The van der Waals surface area contributed by atoms with E-state index in [0.717, 1.165) is 38.8 Å². The number of benzene rings is 2. The van der Waals surface area contributed by atoms with Crippen LogP contribution in [0.5, 0.6) is 17.6 Å². The van der Waals surface area contributed by atoms with E-state index in [1.165, 1.54) is 24.3 Å². The van der Waals surface area contributed by atoms with Crippen molar-refractivity contribution in [2.45, 2.75) is 70.2 Å². The lowest BCUT2D eigenvalue weighted by atomic mass is 9.95. The number of piperazine rings is 1. The normalized spacial score (nSPS) is 24.6. The molecule has 3 fully saturated rings. The Labute approximate surface area is 282 Å². The van der Waals surface area contributed by atoms with Crippen molar-refractivity contribution in [1.29, 1.82) is 0 Å². The number of anilines is 1. The molecule has 0 amide bonds. The molecule has 4 atom stereocenters. The Hall–Kier alpha value is -4.34. The molecule has 5 heterocycles. The summed E-state index contributed by atoms with van der Waals surface area (Å²) in [6.45, 7) is 7.36. The van der Waals surface area contributed by atoms with E-state index in [2.05, 4.69) is 44.9 Å². The minimum Gasteiger partial charge on any atom is -0.508 e. The summed E-state index contributed by atoms with van der Waals surface area (Å²) in [7, 11) is 0. The summed E-state index contributed by atoms with van der Waals surface area (Å²) >= 11 is 0. The van der Waals surface area contributed by atoms with Gasteiger partial charge < -0.3 is 24.8 Å². The number of ether oxygens (including phenoxy) is 2. The first-order valence-electron chi connectivity index (χ1n) is 17.1. The molecule has 0 spiro atoms. The monoisotopic (exact) mass is 672 g/mol. The lowest BCUT2D eigenvalue weighted by Crippen LogP contribution is -2.63. The molecule has 8 rings (SSSR count). The quantitative estimate of drug-likeness (QED) is 0.239. The number of pyridine rings is 1. The van der Waals surface area contributed by atoms with Crippen LogP contribution in [0.4, 0.5) is 19.0 Å². The number of phenols is 1. The Morgan fingerprint density at radius 2 is 2.00 bits per heavy atom. The summed E-state index contributed by atoms with van der Waals surface area (Å²) in [5.74, 6) is 1.38. The molecular formula is C37H39F3N6O3. The summed E-state index contributed by atoms with van der Waals surface area (Å²) in [4.78, 5) is 18.5. The first-order chi connectivity index (χ1) is 23.7. The number of aromatic nitrogens is 3. The van der Waals surface area contributed by atoms with Crippen molar-refractivity contribution in [3.05, 3.63) is 41.5 Å². The third-order valence-corrected chi connectivity index (χ3v) is 10.6. The number of nitrogens with zero attached hydrogens (tertiary/aromatic N) is 5. The van der Waals surface area contributed by atoms with Crippen LogP contribution in [-0.4, -0.2) is 88.6 Å². The van der Waals surface area contributed by atoms with Crippen LogP contribution in [0.3, 0.4) is 0 Å². The third-order valence-electron chi connectivity index (χ3n) is 10.6. The number of halogens is 3. The second-order valence-corrected chi connectivity index (χ2v) is 14.2. The Bertz CT molecular complexity index is 2000. The fraction of sp³-hybridized carbons (Fsp3) is 0.486. The molecule has 0 bridgehead atoms. The fourth-order valence-corrected chi connectivity index (χ4v) is 7.95. The zero-order valence-corrected chi connectivity index (χ0v) is 27.6. The SMILES string of the molecule is C#Cc1c(F)ccc2cc(O)cc(-c3nc4c5c(nc(OCC6(CN7CCC[C@@H](F)C7)CC6)nc5c3F)N3C[C@@H](C)N[C@@H](CC)[C@H]3CO4)c12. The smallest absolute Gasteiger partial charge is 0.319 e. The van der Waals surface area contributed by atoms with Gasteiger partial charge in [-0.15, -0.1) is 6.42 Å². The van der Waals surface area contributed by atoms with Crippen LogP contribution in [0, 0.1) is 29.4 Å². The number of aromatic hydroxyl groups is 1. The first kappa shape index (κ1) is 31.9. The molecule has 4 aromatic rings. The molecule has 1 saturated carbocycles. The van der Waals surface area contributed by atoms with Crippen molar-refractivity contribution in [3.8, 4) is 41.2 Å². The van der Waals surface area contributed by atoms with Crippen molar-refractivity contribution in [2.75, 3.05) is 44.3 Å². The molecule has 1 aliphatic carbocycles. The number of phenolic OH excluding ortho intramolecular Hbond substituents is 1. The topological polar surface area (TPSA) is 95.9 Å². The van der Waals surface area contributed by atoms with Crippen LogP contribution in [0.25, 0.3) is 32.9 Å². The average molecular weight is 673 g/mol. The Kier molecular flexibility index (Phi) is 7.95. The van der Waals surface area contributed by atoms with E-state index < -0.39 is 17.8 Å². The second kappa shape index (κ2) is 12.2. The maximum Gasteiger partial charge on any atom is 0.319 e. The highest BCUT2D eigenvalue weighted by Crippen LogP contribution is 2.48. The maximum atomic E-state index is 17.1. The Balaban J connectivity index is 1.27. The summed E-state index contributed by atoms with van der Waals surface area (Å²) < 4.78 is 59.0. The van der Waals surface area contributed by atoms with Crippen LogP contribution >= 0.6 is 0 Å². The Morgan fingerprint density at radius 3 is 2.76 bits per heavy atom. The fourth-order valence-electron chi connectivity index (χ4n) is 7.95. The number of rotatable bonds is 7. The maximum absolute atomic E-state index is 17.1. The summed E-state index contributed by atoms with van der Waals surface area (Å²) in [6, 6.07) is 5.52. The molecule has 0 radical (unpaired) electrons. The zero-order chi connectivity index (χ0) is 34.0. The summed E-state index contributed by atoms with van der Waals surface area (Å²) in [5.41, 5.74) is -0.355. The largest absolute Gasteiger partial charge is 0.508 e. The van der Waals surface area contributed by atoms with Gasteiger partial charge in [0.1, 0.15) is 46.8 Å². The van der Waals surface area contributed by atoms with Crippen LogP contribution in [0.15, 0.2) is 24.3 Å². The molecule has 9 nitrogen and oxygen atoms in total. The van der Waals surface area contributed by atoms with Gasteiger partial charge in [0.05, 0.1) is 18.2 Å². The minimum atomic E-state index is -0.813. The molecule has 256 valence electrons. The standard InChI is InChI=1S/C37H39F3N6O3/c1-4-24-26(39)9-8-21-13-23(47)14-25(29(21)24)32-31(40)33-30-34(46-15-20(3)41-27(5-2)28(46)17-48-35(30)42-32)44-36(43-33)49-19-37(10-11-37)18-45-12-6-7-22(38)16-45/h1,8-9,13-14,20,22,27-28,41,47H,5-7,10-12,15-19H2,2-3H3/t20-,22-,27+,28-/m1/s1. The lowest BCUT2D eigenvalue weighted by molar-refractivity contribution is 0.0974. The van der Waals surface area contributed by atoms with E-state index in [1.807, 2.05) is 0 Å². The van der Waals surface area contributed by atoms with Gasteiger partial charge in [0.25, 0.3) is 0 Å². The van der Waals surface area contributed by atoms with E-state index in [4.69, 9.17) is 20.9 Å².